The molecule has 1 rings (SSSR count). The molecule has 4 heteroatoms. The topological polar surface area (TPSA) is 39.2 Å². The van der Waals surface area contributed by atoms with Crippen molar-refractivity contribution < 1.29 is 9.53 Å². The predicted octanol–water partition coefficient (Wildman–Crippen LogP) is 2.25. The molecule has 0 aromatic carbocycles. The number of hydrogen-bond acceptors (Lipinski definition) is 3. The van der Waals surface area contributed by atoms with E-state index in [2.05, 4.69) is 20.9 Å². The molecule has 1 unspecified atom stereocenters. The van der Waals surface area contributed by atoms with Gasteiger partial charge in [-0.3, -0.25) is 9.78 Å². The van der Waals surface area contributed by atoms with Gasteiger partial charge in [-0.2, -0.15) is 0 Å². The van der Waals surface area contributed by atoms with Crippen LogP contribution < -0.4 is 0 Å². The van der Waals surface area contributed by atoms with E-state index in [-0.39, 0.29) is 5.97 Å². The summed E-state index contributed by atoms with van der Waals surface area (Å²) < 4.78 is 4.08. The Morgan fingerprint density at radius 3 is 2.86 bits per heavy atom. The van der Waals surface area contributed by atoms with Crippen LogP contribution in [0.3, 0.4) is 0 Å². The molecule has 0 saturated carbocycles. The number of rotatable bonds is 3. The summed E-state index contributed by atoms with van der Waals surface area (Å²) in [5, 5.41) is 0. The van der Waals surface area contributed by atoms with E-state index in [1.807, 2.05) is 6.07 Å². The zero-order valence-corrected chi connectivity index (χ0v) is 9.74. The summed E-state index contributed by atoms with van der Waals surface area (Å²) in [5.41, 5.74) is 0.651. The van der Waals surface area contributed by atoms with Crippen LogP contribution >= 0.6 is 15.9 Å². The standard InChI is InChI=1S/C10H12BrNO2/c1-3-14-9(13)10(2,11)8-6-4-5-7-12-8/h4-7H,3H2,1-2H3. The summed E-state index contributed by atoms with van der Waals surface area (Å²) in [4.78, 5) is 15.7. The second-order valence-corrected chi connectivity index (χ2v) is 4.52. The van der Waals surface area contributed by atoms with Crippen molar-refractivity contribution in [3.05, 3.63) is 30.1 Å². The molecule has 14 heavy (non-hydrogen) atoms. The van der Waals surface area contributed by atoms with Gasteiger partial charge in [-0.15, -0.1) is 0 Å². The molecule has 0 bridgehead atoms. The van der Waals surface area contributed by atoms with Crippen LogP contribution in [0.15, 0.2) is 24.4 Å². The van der Waals surface area contributed by atoms with Gasteiger partial charge in [0.15, 0.2) is 4.32 Å². The highest BCUT2D eigenvalue weighted by molar-refractivity contribution is 9.10. The molecule has 0 N–H and O–H groups in total. The summed E-state index contributed by atoms with van der Waals surface area (Å²) in [7, 11) is 0. The van der Waals surface area contributed by atoms with Gasteiger partial charge in [0.25, 0.3) is 0 Å². The zero-order valence-electron chi connectivity index (χ0n) is 8.16. The third-order valence-electron chi connectivity index (χ3n) is 1.80. The fourth-order valence-electron chi connectivity index (χ4n) is 1.01. The van der Waals surface area contributed by atoms with E-state index in [0.29, 0.717) is 12.3 Å². The number of hydrogen-bond donors (Lipinski definition) is 0. The van der Waals surface area contributed by atoms with Gasteiger partial charge in [-0.25, -0.2) is 0 Å². The Morgan fingerprint density at radius 1 is 1.64 bits per heavy atom. The number of halogens is 1. The van der Waals surface area contributed by atoms with E-state index >= 15 is 0 Å². The fourth-order valence-corrected chi connectivity index (χ4v) is 1.36. The highest BCUT2D eigenvalue weighted by atomic mass is 79.9. The first-order chi connectivity index (χ1) is 6.59. The Labute approximate surface area is 91.6 Å². The highest BCUT2D eigenvalue weighted by Gasteiger charge is 2.34. The minimum Gasteiger partial charge on any atom is -0.465 e. The smallest absolute Gasteiger partial charge is 0.328 e. The third kappa shape index (κ3) is 2.32. The van der Waals surface area contributed by atoms with E-state index in [0.717, 1.165) is 0 Å². The van der Waals surface area contributed by atoms with Gasteiger partial charge in [-0.05, 0) is 26.0 Å². The second-order valence-electron chi connectivity index (χ2n) is 2.94. The van der Waals surface area contributed by atoms with E-state index in [1.54, 1.807) is 32.2 Å². The van der Waals surface area contributed by atoms with Crippen LogP contribution in [0.4, 0.5) is 0 Å². The average molecular weight is 258 g/mol. The number of alkyl halides is 1. The van der Waals surface area contributed by atoms with Gasteiger partial charge in [0.1, 0.15) is 0 Å². The summed E-state index contributed by atoms with van der Waals surface area (Å²) in [6, 6.07) is 5.42. The lowest BCUT2D eigenvalue weighted by atomic mass is 10.1. The first-order valence-corrected chi connectivity index (χ1v) is 5.16. The molecule has 0 saturated heterocycles. The third-order valence-corrected chi connectivity index (χ3v) is 2.53. The maximum Gasteiger partial charge on any atom is 0.328 e. The van der Waals surface area contributed by atoms with Crippen LogP contribution in [0.1, 0.15) is 19.5 Å². The number of carbonyl (C=O) groups is 1. The molecule has 0 spiro atoms. The maximum atomic E-state index is 11.6. The molecule has 0 aliphatic rings. The van der Waals surface area contributed by atoms with Gasteiger partial charge in [0.2, 0.25) is 0 Å². The van der Waals surface area contributed by atoms with Crippen molar-refractivity contribution in [2.45, 2.75) is 18.2 Å². The van der Waals surface area contributed by atoms with E-state index < -0.39 is 4.32 Å². The quantitative estimate of drug-likeness (QED) is 0.616. The van der Waals surface area contributed by atoms with Gasteiger partial charge < -0.3 is 4.74 Å². The Hall–Kier alpha value is -0.900. The fraction of sp³-hybridized carbons (Fsp3) is 0.400. The molecule has 1 atom stereocenters. The lowest BCUT2D eigenvalue weighted by molar-refractivity contribution is -0.145. The predicted molar refractivity (Wildman–Crippen MR) is 57.1 cm³/mol. The van der Waals surface area contributed by atoms with Crippen molar-refractivity contribution in [1.29, 1.82) is 0 Å². The molecule has 0 radical (unpaired) electrons. The largest absolute Gasteiger partial charge is 0.465 e. The van der Waals surface area contributed by atoms with E-state index in [9.17, 15) is 4.79 Å². The molecule has 1 heterocycles. The van der Waals surface area contributed by atoms with Gasteiger partial charge in [-0.1, -0.05) is 22.0 Å². The summed E-state index contributed by atoms with van der Waals surface area (Å²) in [5.74, 6) is -0.321. The summed E-state index contributed by atoms with van der Waals surface area (Å²) in [6.07, 6.45) is 1.65. The first-order valence-electron chi connectivity index (χ1n) is 4.36. The summed E-state index contributed by atoms with van der Waals surface area (Å²) >= 11 is 3.32. The molecule has 1 aromatic heterocycles. The van der Waals surface area contributed by atoms with Gasteiger partial charge >= 0.3 is 5.97 Å². The van der Waals surface area contributed by atoms with Crippen LogP contribution in [-0.2, 0) is 13.9 Å². The number of pyridine rings is 1. The van der Waals surface area contributed by atoms with Gasteiger partial charge in [0.05, 0.1) is 12.3 Å². The lowest BCUT2D eigenvalue weighted by Gasteiger charge is -2.19. The van der Waals surface area contributed by atoms with Gasteiger partial charge in [0, 0.05) is 6.20 Å². The number of esters is 1. The molecule has 1 aromatic rings. The van der Waals surface area contributed by atoms with Crippen molar-refractivity contribution >= 4 is 21.9 Å². The molecule has 0 amide bonds. The van der Waals surface area contributed by atoms with Crippen LogP contribution in [0, 0.1) is 0 Å². The Bertz CT molecular complexity index is 311. The minimum atomic E-state index is -0.857. The average Bonchev–Trinajstić information content (AvgIpc) is 2.19. The normalized spacial score (nSPS) is 14.5. The van der Waals surface area contributed by atoms with Crippen molar-refractivity contribution in [3.63, 3.8) is 0 Å². The van der Waals surface area contributed by atoms with Crippen molar-refractivity contribution in [3.8, 4) is 0 Å². The lowest BCUT2D eigenvalue weighted by Crippen LogP contribution is -2.28. The molecule has 0 aliphatic heterocycles. The zero-order chi connectivity index (χ0) is 10.6. The molecular formula is C10H12BrNO2. The Kier molecular flexibility index (Phi) is 3.63. The number of ether oxygens (including phenoxy) is 1. The van der Waals surface area contributed by atoms with Crippen LogP contribution in [0.5, 0.6) is 0 Å². The van der Waals surface area contributed by atoms with Crippen LogP contribution in [0.25, 0.3) is 0 Å². The van der Waals surface area contributed by atoms with Crippen LogP contribution in [-0.4, -0.2) is 17.6 Å². The maximum absolute atomic E-state index is 11.6. The van der Waals surface area contributed by atoms with Crippen molar-refractivity contribution in [2.24, 2.45) is 0 Å². The minimum absolute atomic E-state index is 0.321. The Morgan fingerprint density at radius 2 is 2.36 bits per heavy atom. The Balaban J connectivity index is 2.90. The molecule has 3 nitrogen and oxygen atoms in total. The molecule has 0 aliphatic carbocycles. The number of carbonyl (C=O) groups excluding carboxylic acids is 1. The molecular weight excluding hydrogens is 246 g/mol. The first kappa shape index (κ1) is 11.2. The highest BCUT2D eigenvalue weighted by Crippen LogP contribution is 2.30. The summed E-state index contributed by atoms with van der Waals surface area (Å²) in [6.45, 7) is 3.87. The molecule has 76 valence electrons. The van der Waals surface area contributed by atoms with Crippen LogP contribution in [0.2, 0.25) is 0 Å². The van der Waals surface area contributed by atoms with Crippen molar-refractivity contribution in [1.82, 2.24) is 4.98 Å². The van der Waals surface area contributed by atoms with E-state index in [4.69, 9.17) is 4.74 Å². The molecule has 0 fully saturated rings. The monoisotopic (exact) mass is 257 g/mol. The van der Waals surface area contributed by atoms with Crippen molar-refractivity contribution in [2.75, 3.05) is 6.61 Å². The SMILES string of the molecule is CCOC(=O)C(C)(Br)c1ccccn1. The number of nitrogens with zero attached hydrogens (tertiary/aromatic N) is 1. The van der Waals surface area contributed by atoms with E-state index in [1.165, 1.54) is 0 Å². The second kappa shape index (κ2) is 4.55. The number of aromatic nitrogens is 1.